The van der Waals surface area contributed by atoms with Crippen LogP contribution in [0.15, 0.2) is 42.5 Å². The van der Waals surface area contributed by atoms with Gasteiger partial charge in [-0.3, -0.25) is 0 Å². The first-order valence-electron chi connectivity index (χ1n) is 6.01. The van der Waals surface area contributed by atoms with Crippen LogP contribution in [0.3, 0.4) is 0 Å². The van der Waals surface area contributed by atoms with E-state index >= 15 is 0 Å². The van der Waals surface area contributed by atoms with Gasteiger partial charge in [0.05, 0.1) is 0 Å². The minimum Gasteiger partial charge on any atom is -0.312 e. The van der Waals surface area contributed by atoms with Crippen molar-refractivity contribution in [2.75, 3.05) is 27.7 Å². The van der Waals surface area contributed by atoms with Gasteiger partial charge in [-0.2, -0.15) is 0 Å². The van der Waals surface area contributed by atoms with E-state index in [0.29, 0.717) is 6.04 Å². The average molecular weight is 228 g/mol. The van der Waals surface area contributed by atoms with Gasteiger partial charge in [-0.15, -0.1) is 0 Å². The molecule has 90 valence electrons. The van der Waals surface area contributed by atoms with E-state index in [-0.39, 0.29) is 0 Å². The monoisotopic (exact) mass is 228 g/mol. The van der Waals surface area contributed by atoms with Crippen LogP contribution in [0.4, 0.5) is 0 Å². The van der Waals surface area contributed by atoms with Gasteiger partial charge in [-0.05, 0) is 43.5 Å². The average Bonchev–Trinajstić information content (AvgIpc) is 2.35. The van der Waals surface area contributed by atoms with E-state index in [1.165, 1.54) is 16.3 Å². The van der Waals surface area contributed by atoms with Gasteiger partial charge in [0.15, 0.2) is 0 Å². The van der Waals surface area contributed by atoms with E-state index in [2.05, 4.69) is 66.8 Å². The molecule has 0 aliphatic rings. The van der Waals surface area contributed by atoms with Crippen LogP contribution in [-0.2, 0) is 0 Å². The molecular formula is C15H20N2. The normalized spacial score (nSPS) is 13.2. The van der Waals surface area contributed by atoms with Crippen molar-refractivity contribution in [3.8, 4) is 0 Å². The Morgan fingerprint density at radius 1 is 1.06 bits per heavy atom. The van der Waals surface area contributed by atoms with Crippen LogP contribution in [0.1, 0.15) is 11.6 Å². The van der Waals surface area contributed by atoms with Crippen molar-refractivity contribution >= 4 is 10.8 Å². The van der Waals surface area contributed by atoms with Crippen molar-refractivity contribution in [1.82, 2.24) is 10.2 Å². The number of hydrogen-bond donors (Lipinski definition) is 1. The van der Waals surface area contributed by atoms with Crippen LogP contribution in [0.2, 0.25) is 0 Å². The number of rotatable bonds is 4. The number of nitrogens with zero attached hydrogens (tertiary/aromatic N) is 1. The molecule has 0 heterocycles. The smallest absolute Gasteiger partial charge is 0.0446 e. The standard InChI is InChI=1S/C15H20N2/c1-16-15(11-17(2)3)14-9-8-12-6-4-5-7-13(12)10-14/h4-10,15-16H,11H2,1-3H3. The summed E-state index contributed by atoms with van der Waals surface area (Å²) in [6, 6.07) is 15.6. The lowest BCUT2D eigenvalue weighted by Crippen LogP contribution is -2.28. The van der Waals surface area contributed by atoms with Gasteiger partial charge >= 0.3 is 0 Å². The second kappa shape index (κ2) is 5.30. The molecule has 1 atom stereocenters. The van der Waals surface area contributed by atoms with Crippen LogP contribution >= 0.6 is 0 Å². The van der Waals surface area contributed by atoms with Gasteiger partial charge in [-0.1, -0.05) is 36.4 Å². The SMILES string of the molecule is CNC(CN(C)C)c1ccc2ccccc2c1. The maximum Gasteiger partial charge on any atom is 0.0446 e. The number of hydrogen-bond acceptors (Lipinski definition) is 2. The van der Waals surface area contributed by atoms with Crippen molar-refractivity contribution in [2.24, 2.45) is 0 Å². The molecule has 2 heteroatoms. The Kier molecular flexibility index (Phi) is 3.77. The quantitative estimate of drug-likeness (QED) is 0.865. The summed E-state index contributed by atoms with van der Waals surface area (Å²) >= 11 is 0. The first kappa shape index (κ1) is 12.1. The van der Waals surface area contributed by atoms with Crippen molar-refractivity contribution in [1.29, 1.82) is 0 Å². The Morgan fingerprint density at radius 3 is 2.41 bits per heavy atom. The van der Waals surface area contributed by atoms with Gasteiger partial charge in [0.25, 0.3) is 0 Å². The largest absolute Gasteiger partial charge is 0.312 e. The Labute approximate surface area is 103 Å². The van der Waals surface area contributed by atoms with Crippen molar-refractivity contribution in [2.45, 2.75) is 6.04 Å². The Hall–Kier alpha value is -1.38. The Bertz CT molecular complexity index is 491. The molecule has 2 aromatic rings. The fraction of sp³-hybridized carbons (Fsp3) is 0.333. The van der Waals surface area contributed by atoms with Gasteiger partial charge < -0.3 is 10.2 Å². The summed E-state index contributed by atoms with van der Waals surface area (Å²) in [6.45, 7) is 1.01. The summed E-state index contributed by atoms with van der Waals surface area (Å²) < 4.78 is 0. The molecule has 2 rings (SSSR count). The molecular weight excluding hydrogens is 208 g/mol. The fourth-order valence-electron chi connectivity index (χ4n) is 2.15. The van der Waals surface area contributed by atoms with Crippen LogP contribution in [-0.4, -0.2) is 32.6 Å². The zero-order valence-corrected chi connectivity index (χ0v) is 10.8. The van der Waals surface area contributed by atoms with E-state index in [1.54, 1.807) is 0 Å². The highest BCUT2D eigenvalue weighted by Crippen LogP contribution is 2.20. The molecule has 0 saturated carbocycles. The Morgan fingerprint density at radius 2 is 1.76 bits per heavy atom. The molecule has 0 fully saturated rings. The Balaban J connectivity index is 2.34. The topological polar surface area (TPSA) is 15.3 Å². The molecule has 1 N–H and O–H groups in total. The highest BCUT2D eigenvalue weighted by atomic mass is 15.1. The molecule has 0 bridgehead atoms. The fourth-order valence-corrected chi connectivity index (χ4v) is 2.15. The third-order valence-electron chi connectivity index (χ3n) is 3.07. The summed E-state index contributed by atoms with van der Waals surface area (Å²) in [5, 5.41) is 5.98. The summed E-state index contributed by atoms with van der Waals surface area (Å²) in [6.07, 6.45) is 0. The van der Waals surface area contributed by atoms with Crippen molar-refractivity contribution in [3.63, 3.8) is 0 Å². The van der Waals surface area contributed by atoms with Gasteiger partial charge in [0.1, 0.15) is 0 Å². The molecule has 0 aliphatic carbocycles. The zero-order chi connectivity index (χ0) is 12.3. The number of nitrogens with one attached hydrogen (secondary N) is 1. The van der Waals surface area contributed by atoms with Crippen molar-refractivity contribution < 1.29 is 0 Å². The second-order valence-corrected chi connectivity index (χ2v) is 4.71. The predicted octanol–water partition coefficient (Wildman–Crippen LogP) is 2.66. The van der Waals surface area contributed by atoms with Crippen molar-refractivity contribution in [3.05, 3.63) is 48.0 Å². The van der Waals surface area contributed by atoms with E-state index in [0.717, 1.165) is 6.54 Å². The molecule has 0 saturated heterocycles. The molecule has 17 heavy (non-hydrogen) atoms. The molecule has 0 amide bonds. The highest BCUT2D eigenvalue weighted by Gasteiger charge is 2.10. The number of fused-ring (bicyclic) bond motifs is 1. The number of likely N-dealkylation sites (N-methyl/N-ethyl adjacent to an activating group) is 2. The number of benzene rings is 2. The molecule has 0 spiro atoms. The lowest BCUT2D eigenvalue weighted by molar-refractivity contribution is 0.353. The van der Waals surface area contributed by atoms with E-state index in [1.807, 2.05) is 7.05 Å². The minimum atomic E-state index is 0.384. The van der Waals surface area contributed by atoms with Gasteiger partial charge in [0, 0.05) is 12.6 Å². The second-order valence-electron chi connectivity index (χ2n) is 4.71. The summed E-state index contributed by atoms with van der Waals surface area (Å²) in [7, 11) is 6.22. The molecule has 0 aliphatic heterocycles. The molecule has 2 nitrogen and oxygen atoms in total. The van der Waals surface area contributed by atoms with Crippen LogP contribution in [0.25, 0.3) is 10.8 Å². The van der Waals surface area contributed by atoms with Gasteiger partial charge in [0.2, 0.25) is 0 Å². The van der Waals surface area contributed by atoms with E-state index in [4.69, 9.17) is 0 Å². The van der Waals surface area contributed by atoms with Gasteiger partial charge in [-0.25, -0.2) is 0 Å². The molecule has 0 aromatic heterocycles. The molecule has 2 aromatic carbocycles. The van der Waals surface area contributed by atoms with E-state index < -0.39 is 0 Å². The predicted molar refractivity (Wildman–Crippen MR) is 74.3 cm³/mol. The van der Waals surface area contributed by atoms with Crippen LogP contribution in [0, 0.1) is 0 Å². The van der Waals surface area contributed by atoms with Crippen LogP contribution in [0.5, 0.6) is 0 Å². The molecule has 0 radical (unpaired) electrons. The lowest BCUT2D eigenvalue weighted by atomic mass is 10.0. The van der Waals surface area contributed by atoms with E-state index in [9.17, 15) is 0 Å². The maximum absolute atomic E-state index is 3.37. The zero-order valence-electron chi connectivity index (χ0n) is 10.8. The summed E-state index contributed by atoms with van der Waals surface area (Å²) in [4.78, 5) is 2.20. The third-order valence-corrected chi connectivity index (χ3v) is 3.07. The first-order valence-corrected chi connectivity index (χ1v) is 6.01. The summed E-state index contributed by atoms with van der Waals surface area (Å²) in [5.41, 5.74) is 1.35. The minimum absolute atomic E-state index is 0.384. The maximum atomic E-state index is 3.37. The molecule has 1 unspecified atom stereocenters. The third kappa shape index (κ3) is 2.84. The summed E-state index contributed by atoms with van der Waals surface area (Å²) in [5.74, 6) is 0. The highest BCUT2D eigenvalue weighted by molar-refractivity contribution is 5.83. The van der Waals surface area contributed by atoms with Crippen LogP contribution < -0.4 is 5.32 Å². The first-order chi connectivity index (χ1) is 8.20. The lowest BCUT2D eigenvalue weighted by Gasteiger charge is -2.21.